The molecule has 1 aromatic heterocycles. The molecule has 1 aliphatic carbocycles. The molecule has 0 radical (unpaired) electrons. The van der Waals surface area contributed by atoms with E-state index in [1.54, 1.807) is 7.11 Å². The lowest BCUT2D eigenvalue weighted by molar-refractivity contribution is 0.415. The molecule has 4 nitrogen and oxygen atoms in total. The van der Waals surface area contributed by atoms with Gasteiger partial charge in [-0.3, -0.25) is 0 Å². The van der Waals surface area contributed by atoms with Gasteiger partial charge in [0.25, 0.3) is 0 Å². The summed E-state index contributed by atoms with van der Waals surface area (Å²) in [5.74, 6) is 2.00. The number of hydrogen-bond donors (Lipinski definition) is 1. The summed E-state index contributed by atoms with van der Waals surface area (Å²) in [5.41, 5.74) is 8.25. The van der Waals surface area contributed by atoms with E-state index in [0.717, 1.165) is 29.9 Å². The molecule has 102 valence electrons. The Morgan fingerprint density at radius 1 is 1.42 bits per heavy atom. The number of nitrogens with two attached hydrogens (primary N) is 1. The maximum atomic E-state index is 5.97. The van der Waals surface area contributed by atoms with Gasteiger partial charge < -0.3 is 15.0 Å². The number of benzene rings is 1. The van der Waals surface area contributed by atoms with Crippen LogP contribution >= 0.6 is 0 Å². The largest absolute Gasteiger partial charge is 0.497 e. The van der Waals surface area contributed by atoms with Crippen LogP contribution in [0.4, 0.5) is 0 Å². The SMILES string of the molecule is COc1ccc2c(c1)nc(C1(CN)CC1)n2C(C)C. The van der Waals surface area contributed by atoms with Gasteiger partial charge in [0, 0.05) is 24.1 Å². The van der Waals surface area contributed by atoms with Crippen molar-refractivity contribution in [2.75, 3.05) is 13.7 Å². The molecule has 0 amide bonds. The normalized spacial score (nSPS) is 17.1. The van der Waals surface area contributed by atoms with Crippen molar-refractivity contribution in [2.45, 2.75) is 38.1 Å². The van der Waals surface area contributed by atoms with Gasteiger partial charge in [-0.15, -0.1) is 0 Å². The number of rotatable bonds is 4. The van der Waals surface area contributed by atoms with E-state index in [1.165, 1.54) is 5.52 Å². The molecule has 1 aromatic carbocycles. The van der Waals surface area contributed by atoms with E-state index in [9.17, 15) is 0 Å². The Hall–Kier alpha value is -1.55. The number of nitrogens with zero attached hydrogens (tertiary/aromatic N) is 2. The van der Waals surface area contributed by atoms with Gasteiger partial charge in [-0.05, 0) is 38.8 Å². The molecule has 1 aliphatic rings. The Bertz CT molecular complexity index is 611. The molecule has 2 aromatic rings. The van der Waals surface area contributed by atoms with Gasteiger partial charge in [-0.25, -0.2) is 4.98 Å². The van der Waals surface area contributed by atoms with E-state index < -0.39 is 0 Å². The second-order valence-electron chi connectivity index (χ2n) is 5.74. The summed E-state index contributed by atoms with van der Waals surface area (Å²) in [6, 6.07) is 6.48. The van der Waals surface area contributed by atoms with Crippen molar-refractivity contribution in [3.05, 3.63) is 24.0 Å². The first-order valence-electron chi connectivity index (χ1n) is 6.88. The fourth-order valence-corrected chi connectivity index (χ4v) is 2.77. The molecule has 0 unspecified atom stereocenters. The third-order valence-electron chi connectivity index (χ3n) is 4.13. The van der Waals surface area contributed by atoms with Crippen molar-refractivity contribution in [1.82, 2.24) is 9.55 Å². The predicted molar refractivity (Wildman–Crippen MR) is 76.6 cm³/mol. The first kappa shape index (κ1) is 12.5. The summed E-state index contributed by atoms with van der Waals surface area (Å²) in [7, 11) is 1.68. The van der Waals surface area contributed by atoms with Crippen LogP contribution < -0.4 is 10.5 Å². The number of hydrogen-bond acceptors (Lipinski definition) is 3. The van der Waals surface area contributed by atoms with Crippen LogP contribution in [0.25, 0.3) is 11.0 Å². The Morgan fingerprint density at radius 3 is 2.68 bits per heavy atom. The number of imidazole rings is 1. The Labute approximate surface area is 113 Å². The highest BCUT2D eigenvalue weighted by Gasteiger charge is 2.47. The zero-order valence-corrected chi connectivity index (χ0v) is 11.8. The average Bonchev–Trinajstić information content (AvgIpc) is 3.11. The van der Waals surface area contributed by atoms with E-state index >= 15 is 0 Å². The van der Waals surface area contributed by atoms with Crippen LogP contribution in [0.3, 0.4) is 0 Å². The lowest BCUT2D eigenvalue weighted by Crippen LogP contribution is -2.25. The minimum atomic E-state index is 0.108. The van der Waals surface area contributed by atoms with Gasteiger partial charge in [0.15, 0.2) is 0 Å². The van der Waals surface area contributed by atoms with E-state index in [4.69, 9.17) is 15.5 Å². The minimum Gasteiger partial charge on any atom is -0.497 e. The molecule has 1 fully saturated rings. The highest BCUT2D eigenvalue weighted by molar-refractivity contribution is 5.78. The lowest BCUT2D eigenvalue weighted by Gasteiger charge is -2.18. The van der Waals surface area contributed by atoms with E-state index in [0.29, 0.717) is 12.6 Å². The molecule has 0 saturated heterocycles. The fourth-order valence-electron chi connectivity index (χ4n) is 2.77. The van der Waals surface area contributed by atoms with Crippen molar-refractivity contribution in [3.63, 3.8) is 0 Å². The van der Waals surface area contributed by atoms with E-state index in [-0.39, 0.29) is 5.41 Å². The van der Waals surface area contributed by atoms with Crippen LogP contribution in [-0.2, 0) is 5.41 Å². The molecule has 0 aliphatic heterocycles. The summed E-state index contributed by atoms with van der Waals surface area (Å²) in [6.45, 7) is 5.07. The molecule has 2 N–H and O–H groups in total. The molecule has 1 heterocycles. The number of fused-ring (bicyclic) bond motifs is 1. The van der Waals surface area contributed by atoms with Crippen molar-refractivity contribution in [3.8, 4) is 5.75 Å². The van der Waals surface area contributed by atoms with Crippen molar-refractivity contribution in [1.29, 1.82) is 0 Å². The smallest absolute Gasteiger partial charge is 0.121 e. The highest BCUT2D eigenvalue weighted by Crippen LogP contribution is 2.48. The topological polar surface area (TPSA) is 53.1 Å². The monoisotopic (exact) mass is 259 g/mol. The van der Waals surface area contributed by atoms with Crippen LogP contribution in [0.15, 0.2) is 18.2 Å². The van der Waals surface area contributed by atoms with Crippen LogP contribution in [0.2, 0.25) is 0 Å². The van der Waals surface area contributed by atoms with Gasteiger partial charge in [0.1, 0.15) is 11.6 Å². The van der Waals surface area contributed by atoms with Gasteiger partial charge in [0.05, 0.1) is 18.1 Å². The maximum Gasteiger partial charge on any atom is 0.121 e. The van der Waals surface area contributed by atoms with Gasteiger partial charge in [-0.2, -0.15) is 0 Å². The van der Waals surface area contributed by atoms with Crippen molar-refractivity contribution < 1.29 is 4.74 Å². The van der Waals surface area contributed by atoms with Crippen LogP contribution in [0, 0.1) is 0 Å². The highest BCUT2D eigenvalue weighted by atomic mass is 16.5. The zero-order valence-electron chi connectivity index (χ0n) is 11.8. The molecule has 0 bridgehead atoms. The Kier molecular flexibility index (Phi) is 2.78. The van der Waals surface area contributed by atoms with E-state index in [1.807, 2.05) is 12.1 Å². The maximum absolute atomic E-state index is 5.97. The number of ether oxygens (including phenoxy) is 1. The van der Waals surface area contributed by atoms with Crippen LogP contribution in [0.5, 0.6) is 5.75 Å². The predicted octanol–water partition coefficient (Wildman–Crippen LogP) is 2.62. The van der Waals surface area contributed by atoms with Gasteiger partial charge >= 0.3 is 0 Å². The van der Waals surface area contributed by atoms with Crippen molar-refractivity contribution in [2.24, 2.45) is 5.73 Å². The minimum absolute atomic E-state index is 0.108. The summed E-state index contributed by atoms with van der Waals surface area (Å²) < 4.78 is 7.61. The van der Waals surface area contributed by atoms with Gasteiger partial charge in [0.2, 0.25) is 0 Å². The van der Waals surface area contributed by atoms with Gasteiger partial charge in [-0.1, -0.05) is 0 Å². The quantitative estimate of drug-likeness (QED) is 0.918. The molecule has 0 spiro atoms. The Balaban J connectivity index is 2.23. The number of aromatic nitrogens is 2. The molecule has 19 heavy (non-hydrogen) atoms. The van der Waals surface area contributed by atoms with Crippen molar-refractivity contribution >= 4 is 11.0 Å². The average molecular weight is 259 g/mol. The summed E-state index contributed by atoms with van der Waals surface area (Å²) >= 11 is 0. The zero-order chi connectivity index (χ0) is 13.6. The number of methoxy groups -OCH3 is 1. The Morgan fingerprint density at radius 2 is 2.16 bits per heavy atom. The second-order valence-corrected chi connectivity index (χ2v) is 5.74. The molecular weight excluding hydrogens is 238 g/mol. The lowest BCUT2D eigenvalue weighted by atomic mass is 10.1. The van der Waals surface area contributed by atoms with E-state index in [2.05, 4.69) is 24.5 Å². The molecule has 3 rings (SSSR count). The summed E-state index contributed by atoms with van der Waals surface area (Å²) in [5, 5.41) is 0. The molecule has 1 saturated carbocycles. The molecule has 4 heteroatoms. The molecule has 0 atom stereocenters. The van der Waals surface area contributed by atoms with Crippen LogP contribution in [0.1, 0.15) is 38.6 Å². The third-order valence-corrected chi connectivity index (χ3v) is 4.13. The molecular formula is C15H21N3O. The first-order valence-corrected chi connectivity index (χ1v) is 6.88. The van der Waals surface area contributed by atoms with Crippen LogP contribution in [-0.4, -0.2) is 23.2 Å². The first-order chi connectivity index (χ1) is 9.11. The second kappa shape index (κ2) is 4.23. The summed E-state index contributed by atoms with van der Waals surface area (Å²) in [4.78, 5) is 4.85. The third kappa shape index (κ3) is 1.82. The fraction of sp³-hybridized carbons (Fsp3) is 0.533. The standard InChI is InChI=1S/C15H21N3O/c1-10(2)18-13-5-4-11(19-3)8-12(13)17-14(18)15(9-16)6-7-15/h4-5,8,10H,6-7,9,16H2,1-3H3. The summed E-state index contributed by atoms with van der Waals surface area (Å²) in [6.07, 6.45) is 2.30.